The highest BCUT2D eigenvalue weighted by molar-refractivity contribution is 5.96. The second kappa shape index (κ2) is 8.70. The van der Waals surface area contributed by atoms with Crippen molar-refractivity contribution in [3.8, 4) is 0 Å². The SMILES string of the molecule is CCCC(=O)c1ccc(NCCCCCO)cc1. The third kappa shape index (κ3) is 5.32. The van der Waals surface area contributed by atoms with Gasteiger partial charge in [0.25, 0.3) is 0 Å². The lowest BCUT2D eigenvalue weighted by Gasteiger charge is -2.07. The van der Waals surface area contributed by atoms with Gasteiger partial charge in [-0.05, 0) is 49.9 Å². The molecule has 2 N–H and O–H groups in total. The molecule has 0 heterocycles. The molecule has 0 bridgehead atoms. The molecule has 0 saturated heterocycles. The van der Waals surface area contributed by atoms with E-state index in [1.165, 1.54) is 0 Å². The second-order valence-electron chi connectivity index (χ2n) is 4.46. The number of aliphatic hydroxyl groups excluding tert-OH is 1. The van der Waals surface area contributed by atoms with Crippen LogP contribution < -0.4 is 5.32 Å². The monoisotopic (exact) mass is 249 g/mol. The van der Waals surface area contributed by atoms with Crippen LogP contribution >= 0.6 is 0 Å². The number of nitrogens with one attached hydrogen (secondary N) is 1. The fraction of sp³-hybridized carbons (Fsp3) is 0.533. The van der Waals surface area contributed by atoms with Crippen molar-refractivity contribution in [2.24, 2.45) is 0 Å². The summed E-state index contributed by atoms with van der Waals surface area (Å²) in [5, 5.41) is 12.0. The van der Waals surface area contributed by atoms with Crippen molar-refractivity contribution in [1.82, 2.24) is 0 Å². The standard InChI is InChI=1S/C15H23NO2/c1-2-6-15(18)13-7-9-14(10-8-13)16-11-4-3-5-12-17/h7-10,16-17H,2-6,11-12H2,1H3. The summed E-state index contributed by atoms with van der Waals surface area (Å²) in [5.74, 6) is 0.215. The molecule has 0 saturated carbocycles. The number of unbranched alkanes of at least 4 members (excludes halogenated alkanes) is 2. The van der Waals surface area contributed by atoms with Gasteiger partial charge in [0.15, 0.2) is 5.78 Å². The molecule has 100 valence electrons. The van der Waals surface area contributed by atoms with E-state index in [4.69, 9.17) is 5.11 Å². The Morgan fingerprint density at radius 1 is 1.17 bits per heavy atom. The van der Waals surface area contributed by atoms with Gasteiger partial charge in [0, 0.05) is 30.8 Å². The molecule has 0 aliphatic rings. The van der Waals surface area contributed by atoms with Gasteiger partial charge in [0.1, 0.15) is 0 Å². The van der Waals surface area contributed by atoms with Gasteiger partial charge in [0.05, 0.1) is 0 Å². The minimum atomic E-state index is 0.215. The Kier molecular flexibility index (Phi) is 7.11. The second-order valence-corrected chi connectivity index (χ2v) is 4.46. The summed E-state index contributed by atoms with van der Waals surface area (Å²) in [4.78, 5) is 11.6. The van der Waals surface area contributed by atoms with Crippen molar-refractivity contribution in [3.05, 3.63) is 29.8 Å². The van der Waals surface area contributed by atoms with Gasteiger partial charge >= 0.3 is 0 Å². The van der Waals surface area contributed by atoms with Crippen LogP contribution in [0.15, 0.2) is 24.3 Å². The van der Waals surface area contributed by atoms with Crippen molar-refractivity contribution in [2.45, 2.75) is 39.0 Å². The zero-order chi connectivity index (χ0) is 13.2. The molecule has 0 fully saturated rings. The Balaban J connectivity index is 2.33. The molecule has 0 unspecified atom stereocenters. The fourth-order valence-corrected chi connectivity index (χ4v) is 1.79. The number of carbonyl (C=O) groups is 1. The Morgan fingerprint density at radius 2 is 1.89 bits per heavy atom. The number of rotatable bonds is 9. The highest BCUT2D eigenvalue weighted by Gasteiger charge is 2.03. The molecule has 1 rings (SSSR count). The number of Topliss-reactive ketones (excluding diaryl/α,β-unsaturated/α-hetero) is 1. The molecule has 0 aliphatic carbocycles. The summed E-state index contributed by atoms with van der Waals surface area (Å²) >= 11 is 0. The van der Waals surface area contributed by atoms with Gasteiger partial charge in [-0.1, -0.05) is 6.92 Å². The highest BCUT2D eigenvalue weighted by atomic mass is 16.2. The summed E-state index contributed by atoms with van der Waals surface area (Å²) in [6, 6.07) is 7.67. The van der Waals surface area contributed by atoms with E-state index in [1.807, 2.05) is 31.2 Å². The van der Waals surface area contributed by atoms with Gasteiger partial charge < -0.3 is 10.4 Å². The Bertz CT molecular complexity index is 346. The van der Waals surface area contributed by atoms with Crippen LogP contribution in [0.25, 0.3) is 0 Å². The molecule has 1 aromatic carbocycles. The fourth-order valence-electron chi connectivity index (χ4n) is 1.79. The number of anilines is 1. The Morgan fingerprint density at radius 3 is 2.50 bits per heavy atom. The zero-order valence-electron chi connectivity index (χ0n) is 11.1. The Hall–Kier alpha value is -1.35. The molecular formula is C15H23NO2. The third-order valence-corrected chi connectivity index (χ3v) is 2.85. The number of benzene rings is 1. The maximum Gasteiger partial charge on any atom is 0.162 e. The molecule has 3 nitrogen and oxygen atoms in total. The lowest BCUT2D eigenvalue weighted by molar-refractivity contribution is 0.0982. The van der Waals surface area contributed by atoms with E-state index in [0.717, 1.165) is 43.5 Å². The number of hydrogen-bond donors (Lipinski definition) is 2. The summed E-state index contributed by atoms with van der Waals surface area (Å²) < 4.78 is 0. The topological polar surface area (TPSA) is 49.3 Å². The molecule has 0 atom stereocenters. The molecule has 0 aliphatic heterocycles. The maximum atomic E-state index is 11.6. The third-order valence-electron chi connectivity index (χ3n) is 2.85. The van der Waals surface area contributed by atoms with Crippen molar-refractivity contribution < 1.29 is 9.90 Å². The van der Waals surface area contributed by atoms with E-state index in [0.29, 0.717) is 6.42 Å². The molecule has 0 radical (unpaired) electrons. The van der Waals surface area contributed by atoms with E-state index < -0.39 is 0 Å². The van der Waals surface area contributed by atoms with Crippen LogP contribution in [0, 0.1) is 0 Å². The summed E-state index contributed by atoms with van der Waals surface area (Å²) in [6.45, 7) is 3.19. The molecule has 0 aromatic heterocycles. The van der Waals surface area contributed by atoms with Gasteiger partial charge in [-0.2, -0.15) is 0 Å². The predicted molar refractivity (Wildman–Crippen MR) is 75.1 cm³/mol. The lowest BCUT2D eigenvalue weighted by Crippen LogP contribution is -2.03. The first-order chi connectivity index (χ1) is 8.77. The average molecular weight is 249 g/mol. The molecule has 0 amide bonds. The molecule has 1 aromatic rings. The largest absolute Gasteiger partial charge is 0.396 e. The van der Waals surface area contributed by atoms with E-state index in [1.54, 1.807) is 0 Å². The van der Waals surface area contributed by atoms with Crippen LogP contribution in [0.1, 0.15) is 49.4 Å². The first-order valence-electron chi connectivity index (χ1n) is 6.76. The zero-order valence-corrected chi connectivity index (χ0v) is 11.1. The van der Waals surface area contributed by atoms with Crippen molar-refractivity contribution >= 4 is 11.5 Å². The average Bonchev–Trinajstić information content (AvgIpc) is 2.39. The highest BCUT2D eigenvalue weighted by Crippen LogP contribution is 2.12. The van der Waals surface area contributed by atoms with Gasteiger partial charge in [-0.15, -0.1) is 0 Å². The van der Waals surface area contributed by atoms with Crippen molar-refractivity contribution in [1.29, 1.82) is 0 Å². The van der Waals surface area contributed by atoms with Crippen molar-refractivity contribution in [3.63, 3.8) is 0 Å². The molecule has 3 heteroatoms. The van der Waals surface area contributed by atoms with E-state index in [-0.39, 0.29) is 12.4 Å². The predicted octanol–water partition coefficient (Wildman–Crippen LogP) is 3.24. The lowest BCUT2D eigenvalue weighted by atomic mass is 10.1. The number of carbonyl (C=O) groups excluding carboxylic acids is 1. The van der Waals surface area contributed by atoms with E-state index in [9.17, 15) is 4.79 Å². The normalized spacial score (nSPS) is 10.3. The van der Waals surface area contributed by atoms with E-state index in [2.05, 4.69) is 5.32 Å². The van der Waals surface area contributed by atoms with Crippen LogP contribution in [0.4, 0.5) is 5.69 Å². The smallest absolute Gasteiger partial charge is 0.162 e. The number of aliphatic hydroxyl groups is 1. The minimum Gasteiger partial charge on any atom is -0.396 e. The maximum absolute atomic E-state index is 11.6. The van der Waals surface area contributed by atoms with Gasteiger partial charge in [-0.3, -0.25) is 4.79 Å². The van der Waals surface area contributed by atoms with Crippen LogP contribution in [-0.2, 0) is 0 Å². The summed E-state index contributed by atoms with van der Waals surface area (Å²) in [7, 11) is 0. The quantitative estimate of drug-likeness (QED) is 0.522. The van der Waals surface area contributed by atoms with Gasteiger partial charge in [-0.25, -0.2) is 0 Å². The van der Waals surface area contributed by atoms with Crippen LogP contribution in [-0.4, -0.2) is 24.0 Å². The summed E-state index contributed by atoms with van der Waals surface area (Å²) in [6.07, 6.45) is 4.47. The van der Waals surface area contributed by atoms with Crippen LogP contribution in [0.3, 0.4) is 0 Å². The molecule has 0 spiro atoms. The summed E-state index contributed by atoms with van der Waals surface area (Å²) in [5.41, 5.74) is 1.84. The first-order valence-corrected chi connectivity index (χ1v) is 6.76. The molecule has 18 heavy (non-hydrogen) atoms. The van der Waals surface area contributed by atoms with Gasteiger partial charge in [0.2, 0.25) is 0 Å². The van der Waals surface area contributed by atoms with Crippen LogP contribution in [0.2, 0.25) is 0 Å². The van der Waals surface area contributed by atoms with Crippen LogP contribution in [0.5, 0.6) is 0 Å². The molecular weight excluding hydrogens is 226 g/mol. The van der Waals surface area contributed by atoms with Crippen molar-refractivity contribution in [2.75, 3.05) is 18.5 Å². The number of ketones is 1. The number of hydrogen-bond acceptors (Lipinski definition) is 3. The van der Waals surface area contributed by atoms with E-state index >= 15 is 0 Å². The Labute approximate surface area is 109 Å². The first kappa shape index (κ1) is 14.7. The minimum absolute atomic E-state index is 0.215.